The van der Waals surface area contributed by atoms with Crippen LogP contribution in [0, 0.1) is 5.92 Å². The Morgan fingerprint density at radius 3 is 2.97 bits per heavy atom. The number of anilines is 1. The lowest BCUT2D eigenvalue weighted by Crippen LogP contribution is -2.36. The van der Waals surface area contributed by atoms with Crippen molar-refractivity contribution in [1.29, 1.82) is 0 Å². The van der Waals surface area contributed by atoms with Crippen LogP contribution in [-0.4, -0.2) is 51.9 Å². The number of rotatable bonds is 6. The molecule has 2 aliphatic rings. The van der Waals surface area contributed by atoms with Crippen LogP contribution in [0.4, 0.5) is 5.69 Å². The Bertz CT molecular complexity index is 1120. The molecule has 7 nitrogen and oxygen atoms in total. The zero-order valence-electron chi connectivity index (χ0n) is 17.7. The lowest BCUT2D eigenvalue weighted by molar-refractivity contribution is 0.0595. The van der Waals surface area contributed by atoms with E-state index >= 15 is 0 Å². The van der Waals surface area contributed by atoms with Crippen molar-refractivity contribution in [1.82, 2.24) is 19.1 Å². The van der Waals surface area contributed by atoms with Gasteiger partial charge in [-0.05, 0) is 61.7 Å². The number of hydrogen-bond acceptors (Lipinski definition) is 8. The maximum atomic E-state index is 12.9. The Morgan fingerprint density at radius 1 is 1.28 bits per heavy atom. The van der Waals surface area contributed by atoms with Crippen LogP contribution in [0.5, 0.6) is 0 Å². The van der Waals surface area contributed by atoms with Crippen LogP contribution < -0.4 is 10.9 Å². The maximum absolute atomic E-state index is 12.9. The summed E-state index contributed by atoms with van der Waals surface area (Å²) >= 11 is 9.86. The second kappa shape index (κ2) is 10.1. The van der Waals surface area contributed by atoms with E-state index in [4.69, 9.17) is 16.3 Å². The molecule has 2 aromatic heterocycles. The van der Waals surface area contributed by atoms with Crippen LogP contribution in [-0.2, 0) is 4.74 Å². The Hall–Kier alpha value is -1.65. The number of halogens is 1. The number of nitrogens with zero attached hydrogens (tertiary/aromatic N) is 4. The quantitative estimate of drug-likeness (QED) is 0.501. The van der Waals surface area contributed by atoms with Crippen molar-refractivity contribution in [2.75, 3.05) is 38.2 Å². The summed E-state index contributed by atoms with van der Waals surface area (Å²) in [5.74, 6) is 0.445. The number of piperidine rings is 1. The van der Waals surface area contributed by atoms with Crippen LogP contribution in [0.2, 0.25) is 5.02 Å². The van der Waals surface area contributed by atoms with Gasteiger partial charge in [0, 0.05) is 31.1 Å². The molecule has 0 radical (unpaired) electrons. The van der Waals surface area contributed by atoms with E-state index in [2.05, 4.69) is 37.9 Å². The molecular formula is C22H26ClN5O2S2. The fraction of sp³-hybridized carbons (Fsp3) is 0.500. The molecule has 2 fully saturated rings. The molecule has 3 aromatic rings. The Balaban J connectivity index is 1.18. The highest BCUT2D eigenvalue weighted by atomic mass is 35.5. The summed E-state index contributed by atoms with van der Waals surface area (Å²) in [4.78, 5) is 18.5. The average molecular weight is 492 g/mol. The van der Waals surface area contributed by atoms with Gasteiger partial charge in [-0.25, -0.2) is 14.0 Å². The third-order valence-corrected chi connectivity index (χ3v) is 8.33. The molecular weight excluding hydrogens is 466 g/mol. The minimum absolute atomic E-state index is 0.0709. The molecule has 170 valence electrons. The smallest absolute Gasteiger partial charge is 0.287 e. The molecule has 1 N–H and O–H groups in total. The molecule has 5 rings (SSSR count). The van der Waals surface area contributed by atoms with Crippen molar-refractivity contribution in [3.8, 4) is 0 Å². The molecule has 32 heavy (non-hydrogen) atoms. The third kappa shape index (κ3) is 4.97. The van der Waals surface area contributed by atoms with Crippen LogP contribution in [0.3, 0.4) is 0 Å². The highest BCUT2D eigenvalue weighted by Crippen LogP contribution is 2.32. The summed E-state index contributed by atoms with van der Waals surface area (Å²) in [6.07, 6.45) is 5.63. The van der Waals surface area contributed by atoms with Crippen molar-refractivity contribution in [3.05, 3.63) is 45.3 Å². The fourth-order valence-corrected chi connectivity index (χ4v) is 6.25. The van der Waals surface area contributed by atoms with Crippen LogP contribution in [0.15, 0.2) is 39.6 Å². The number of nitrogens with one attached hydrogen (secondary N) is 1. The number of fused-ring (bicyclic) bond motifs is 1. The summed E-state index contributed by atoms with van der Waals surface area (Å²) in [5, 5.41) is 7.98. The van der Waals surface area contributed by atoms with Gasteiger partial charge in [0.2, 0.25) is 0 Å². The third-order valence-electron chi connectivity index (χ3n) is 6.09. The van der Waals surface area contributed by atoms with Crippen molar-refractivity contribution in [3.63, 3.8) is 0 Å². The number of thiazole rings is 1. The van der Waals surface area contributed by atoms with Gasteiger partial charge in [-0.2, -0.15) is 5.10 Å². The van der Waals surface area contributed by atoms with E-state index in [1.165, 1.54) is 9.60 Å². The largest absolute Gasteiger partial charge is 0.382 e. The van der Waals surface area contributed by atoms with Gasteiger partial charge in [-0.1, -0.05) is 11.6 Å². The second-order valence-corrected chi connectivity index (χ2v) is 10.8. The molecule has 1 aromatic carbocycles. The van der Waals surface area contributed by atoms with Crippen LogP contribution >= 0.6 is 34.9 Å². The first kappa shape index (κ1) is 22.2. The first-order valence-corrected chi connectivity index (χ1v) is 13.1. The number of aromatic nitrogens is 3. The SMILES string of the molecule is O=c1c(Cl)c(NCC2CCCOC2)cnn1C1CCN(Sc2ccc3ncsc3c2)CC1. The first-order chi connectivity index (χ1) is 15.7. The van der Waals surface area contributed by atoms with Gasteiger partial charge < -0.3 is 10.1 Å². The Labute approximate surface area is 200 Å². The lowest BCUT2D eigenvalue weighted by Gasteiger charge is -2.31. The minimum Gasteiger partial charge on any atom is -0.382 e. The summed E-state index contributed by atoms with van der Waals surface area (Å²) in [7, 11) is 0. The predicted octanol–water partition coefficient (Wildman–Crippen LogP) is 4.69. The standard InChI is InChI=1S/C22H26ClN5O2S2/c23-21-19(24-11-15-2-1-9-30-13-15)12-26-28(22(21)29)16-5-7-27(8-6-16)32-17-3-4-18-20(10-17)31-14-25-18/h3-4,10,12,14-16,24H,1-2,5-9,11,13H2. The molecule has 0 amide bonds. The Morgan fingerprint density at radius 2 is 2.16 bits per heavy atom. The highest BCUT2D eigenvalue weighted by Gasteiger charge is 2.24. The van der Waals surface area contributed by atoms with E-state index in [-0.39, 0.29) is 16.6 Å². The molecule has 2 aliphatic heterocycles. The molecule has 0 spiro atoms. The van der Waals surface area contributed by atoms with Crippen LogP contribution in [0.1, 0.15) is 31.7 Å². The van der Waals surface area contributed by atoms with Crippen LogP contribution in [0.25, 0.3) is 10.2 Å². The zero-order chi connectivity index (χ0) is 21.9. The molecule has 10 heteroatoms. The van der Waals surface area contributed by atoms with E-state index in [0.29, 0.717) is 11.6 Å². The average Bonchev–Trinajstić information content (AvgIpc) is 3.29. The molecule has 4 heterocycles. The number of ether oxygens (including phenoxy) is 1. The monoisotopic (exact) mass is 491 g/mol. The summed E-state index contributed by atoms with van der Waals surface area (Å²) in [5.41, 5.74) is 3.33. The van der Waals surface area contributed by atoms with E-state index < -0.39 is 0 Å². The van der Waals surface area contributed by atoms with E-state index in [1.54, 1.807) is 34.2 Å². The fourth-order valence-electron chi connectivity index (χ4n) is 4.27. The van der Waals surface area contributed by atoms with E-state index in [1.807, 2.05) is 5.51 Å². The molecule has 0 saturated carbocycles. The van der Waals surface area contributed by atoms with Crippen molar-refractivity contribution in [2.24, 2.45) is 5.92 Å². The van der Waals surface area contributed by atoms with Crippen molar-refractivity contribution < 1.29 is 4.74 Å². The van der Waals surface area contributed by atoms with Gasteiger partial charge in [0.1, 0.15) is 5.02 Å². The first-order valence-electron chi connectivity index (χ1n) is 11.0. The molecule has 1 atom stereocenters. The van der Waals surface area contributed by atoms with Gasteiger partial charge in [0.05, 0.1) is 40.3 Å². The van der Waals surface area contributed by atoms with Gasteiger partial charge >= 0.3 is 0 Å². The summed E-state index contributed by atoms with van der Waals surface area (Å²) in [6.45, 7) is 4.12. The van der Waals surface area contributed by atoms with Gasteiger partial charge in [-0.15, -0.1) is 11.3 Å². The van der Waals surface area contributed by atoms with E-state index in [9.17, 15) is 4.79 Å². The second-order valence-electron chi connectivity index (χ2n) is 8.32. The predicted molar refractivity (Wildman–Crippen MR) is 131 cm³/mol. The molecule has 0 aliphatic carbocycles. The highest BCUT2D eigenvalue weighted by molar-refractivity contribution is 7.97. The number of hydrogen-bond donors (Lipinski definition) is 1. The van der Waals surface area contributed by atoms with Crippen molar-refractivity contribution in [2.45, 2.75) is 36.6 Å². The molecule has 2 saturated heterocycles. The molecule has 0 bridgehead atoms. The molecule has 1 unspecified atom stereocenters. The zero-order valence-corrected chi connectivity index (χ0v) is 20.1. The summed E-state index contributed by atoms with van der Waals surface area (Å²) < 4.78 is 10.7. The van der Waals surface area contributed by atoms with E-state index in [0.717, 1.165) is 64.0 Å². The van der Waals surface area contributed by atoms with Gasteiger partial charge in [0.15, 0.2) is 0 Å². The summed E-state index contributed by atoms with van der Waals surface area (Å²) in [6, 6.07) is 6.46. The number of benzene rings is 1. The topological polar surface area (TPSA) is 72.3 Å². The minimum atomic E-state index is -0.210. The normalized spacial score (nSPS) is 20.6. The van der Waals surface area contributed by atoms with Crippen molar-refractivity contribution >= 4 is 50.8 Å². The van der Waals surface area contributed by atoms with Gasteiger partial charge in [-0.3, -0.25) is 4.79 Å². The lowest BCUT2D eigenvalue weighted by atomic mass is 10.0. The Kier molecular flexibility index (Phi) is 6.99. The van der Waals surface area contributed by atoms with Gasteiger partial charge in [0.25, 0.3) is 5.56 Å². The maximum Gasteiger partial charge on any atom is 0.287 e.